The van der Waals surface area contributed by atoms with Crippen LogP contribution in [0.15, 0.2) is 24.3 Å². The van der Waals surface area contributed by atoms with Crippen molar-refractivity contribution >= 4 is 0 Å². The summed E-state index contributed by atoms with van der Waals surface area (Å²) < 4.78 is 5.74. The molecule has 0 radical (unpaired) electrons. The van der Waals surface area contributed by atoms with Crippen LogP contribution in [0.25, 0.3) is 0 Å². The molecule has 0 amide bonds. The number of hydrogen-bond acceptors (Lipinski definition) is 2. The molecule has 0 heterocycles. The van der Waals surface area contributed by atoms with Crippen LogP contribution in [0.1, 0.15) is 32.3 Å². The van der Waals surface area contributed by atoms with Crippen LogP contribution < -0.4 is 10.1 Å². The molecular formula is C15H23NO. The lowest BCUT2D eigenvalue weighted by Gasteiger charge is -2.13. The Morgan fingerprint density at radius 1 is 1.41 bits per heavy atom. The lowest BCUT2D eigenvalue weighted by Crippen LogP contribution is -2.31. The van der Waals surface area contributed by atoms with Crippen LogP contribution in [-0.4, -0.2) is 19.2 Å². The van der Waals surface area contributed by atoms with Gasteiger partial charge in [-0.3, -0.25) is 0 Å². The molecule has 1 atom stereocenters. The van der Waals surface area contributed by atoms with Crippen molar-refractivity contribution in [3.05, 3.63) is 29.8 Å². The van der Waals surface area contributed by atoms with E-state index in [4.69, 9.17) is 4.74 Å². The van der Waals surface area contributed by atoms with E-state index in [9.17, 15) is 0 Å². The van der Waals surface area contributed by atoms with Gasteiger partial charge in [0.15, 0.2) is 0 Å². The van der Waals surface area contributed by atoms with Gasteiger partial charge in [0.05, 0.1) is 0 Å². The summed E-state index contributed by atoms with van der Waals surface area (Å²) in [4.78, 5) is 0. The van der Waals surface area contributed by atoms with Crippen LogP contribution in [0.5, 0.6) is 5.75 Å². The van der Waals surface area contributed by atoms with Gasteiger partial charge in [-0.05, 0) is 49.8 Å². The average molecular weight is 233 g/mol. The monoisotopic (exact) mass is 233 g/mol. The molecule has 2 rings (SSSR count). The van der Waals surface area contributed by atoms with E-state index in [2.05, 4.69) is 37.4 Å². The summed E-state index contributed by atoms with van der Waals surface area (Å²) in [5.74, 6) is 1.91. The van der Waals surface area contributed by atoms with Crippen LogP contribution in [0.2, 0.25) is 0 Å². The molecule has 0 bridgehead atoms. The number of aryl methyl sites for hydroxylation is 1. The highest BCUT2D eigenvalue weighted by molar-refractivity contribution is 5.28. The van der Waals surface area contributed by atoms with Gasteiger partial charge in [0.2, 0.25) is 0 Å². The Kier molecular flexibility index (Phi) is 4.43. The maximum atomic E-state index is 5.74. The van der Waals surface area contributed by atoms with E-state index in [-0.39, 0.29) is 0 Å². The zero-order valence-electron chi connectivity index (χ0n) is 10.9. The van der Waals surface area contributed by atoms with Crippen LogP contribution in [0, 0.1) is 5.92 Å². The number of rotatable bonds is 7. The molecule has 1 N–H and O–H groups in total. The third-order valence-electron chi connectivity index (χ3n) is 3.47. The fourth-order valence-corrected chi connectivity index (χ4v) is 2.07. The van der Waals surface area contributed by atoms with Crippen molar-refractivity contribution in [3.8, 4) is 5.75 Å². The highest BCUT2D eigenvalue weighted by Gasteiger charge is 2.27. The molecule has 2 heteroatoms. The van der Waals surface area contributed by atoms with E-state index in [1.807, 2.05) is 6.07 Å². The molecule has 2 nitrogen and oxygen atoms in total. The molecule has 0 spiro atoms. The van der Waals surface area contributed by atoms with E-state index in [0.717, 1.165) is 31.2 Å². The molecule has 0 saturated heterocycles. The molecule has 94 valence electrons. The smallest absolute Gasteiger partial charge is 0.119 e. The second-order valence-electron chi connectivity index (χ2n) is 4.93. The maximum Gasteiger partial charge on any atom is 0.119 e. The van der Waals surface area contributed by atoms with Crippen molar-refractivity contribution in [2.75, 3.05) is 13.2 Å². The lowest BCUT2D eigenvalue weighted by molar-refractivity contribution is 0.303. The first-order valence-electron chi connectivity index (χ1n) is 6.74. The van der Waals surface area contributed by atoms with Crippen molar-refractivity contribution in [2.24, 2.45) is 5.92 Å². The van der Waals surface area contributed by atoms with Crippen LogP contribution in [0.3, 0.4) is 0 Å². The molecule has 0 aliphatic heterocycles. The molecule has 1 aliphatic rings. The summed E-state index contributed by atoms with van der Waals surface area (Å²) >= 11 is 0. The van der Waals surface area contributed by atoms with Gasteiger partial charge < -0.3 is 10.1 Å². The van der Waals surface area contributed by atoms with E-state index in [1.165, 1.54) is 18.4 Å². The van der Waals surface area contributed by atoms with E-state index in [1.54, 1.807) is 0 Å². The zero-order valence-corrected chi connectivity index (χ0v) is 10.9. The minimum Gasteiger partial charge on any atom is -0.492 e. The number of ether oxygens (including phenoxy) is 1. The second kappa shape index (κ2) is 6.06. The Bertz CT molecular complexity index is 347. The topological polar surface area (TPSA) is 21.3 Å². The van der Waals surface area contributed by atoms with E-state index in [0.29, 0.717) is 6.04 Å². The Morgan fingerprint density at radius 3 is 2.94 bits per heavy atom. The SMILES string of the molecule is CCc1cccc(OCCNC(C)C2CC2)c1. The Balaban J connectivity index is 1.66. The molecule has 1 unspecified atom stereocenters. The van der Waals surface area contributed by atoms with E-state index >= 15 is 0 Å². The second-order valence-corrected chi connectivity index (χ2v) is 4.93. The van der Waals surface area contributed by atoms with Crippen molar-refractivity contribution in [1.82, 2.24) is 5.32 Å². The summed E-state index contributed by atoms with van der Waals surface area (Å²) in [6.07, 6.45) is 3.86. The van der Waals surface area contributed by atoms with Gasteiger partial charge >= 0.3 is 0 Å². The van der Waals surface area contributed by atoms with Crippen molar-refractivity contribution in [2.45, 2.75) is 39.2 Å². The molecule has 17 heavy (non-hydrogen) atoms. The lowest BCUT2D eigenvalue weighted by atomic mass is 10.2. The van der Waals surface area contributed by atoms with Crippen molar-refractivity contribution < 1.29 is 4.74 Å². The normalized spacial score (nSPS) is 16.8. The maximum absolute atomic E-state index is 5.74. The minimum absolute atomic E-state index is 0.653. The van der Waals surface area contributed by atoms with Gasteiger partial charge in [-0.15, -0.1) is 0 Å². The van der Waals surface area contributed by atoms with Gasteiger partial charge in [0.25, 0.3) is 0 Å². The average Bonchev–Trinajstić information content (AvgIpc) is 3.19. The molecule has 1 aliphatic carbocycles. The van der Waals surface area contributed by atoms with Gasteiger partial charge in [-0.1, -0.05) is 19.1 Å². The summed E-state index contributed by atoms with van der Waals surface area (Å²) in [5.41, 5.74) is 1.34. The molecular weight excluding hydrogens is 210 g/mol. The van der Waals surface area contributed by atoms with Crippen LogP contribution >= 0.6 is 0 Å². The summed E-state index contributed by atoms with van der Waals surface area (Å²) in [5, 5.41) is 3.52. The zero-order chi connectivity index (χ0) is 12.1. The first-order chi connectivity index (χ1) is 8.29. The number of nitrogens with one attached hydrogen (secondary N) is 1. The van der Waals surface area contributed by atoms with Gasteiger partial charge in [0.1, 0.15) is 12.4 Å². The first-order valence-corrected chi connectivity index (χ1v) is 6.74. The molecule has 1 fully saturated rings. The van der Waals surface area contributed by atoms with Crippen molar-refractivity contribution in [1.29, 1.82) is 0 Å². The molecule has 1 saturated carbocycles. The summed E-state index contributed by atoms with van der Waals surface area (Å²) in [7, 11) is 0. The molecule has 0 aromatic heterocycles. The first kappa shape index (κ1) is 12.4. The minimum atomic E-state index is 0.653. The highest BCUT2D eigenvalue weighted by atomic mass is 16.5. The standard InChI is InChI=1S/C15H23NO/c1-3-13-5-4-6-15(11-13)17-10-9-16-12(2)14-7-8-14/h4-6,11-12,14,16H,3,7-10H2,1-2H3. The fourth-order valence-electron chi connectivity index (χ4n) is 2.07. The van der Waals surface area contributed by atoms with Gasteiger partial charge in [0, 0.05) is 12.6 Å². The predicted octanol–water partition coefficient (Wildman–Crippen LogP) is 3.02. The number of benzene rings is 1. The Labute approximate surface area is 104 Å². The summed E-state index contributed by atoms with van der Waals surface area (Å²) in [6, 6.07) is 9.02. The Hall–Kier alpha value is -1.02. The molecule has 1 aromatic carbocycles. The number of hydrogen-bond donors (Lipinski definition) is 1. The summed E-state index contributed by atoms with van der Waals surface area (Å²) in [6.45, 7) is 6.13. The quantitative estimate of drug-likeness (QED) is 0.731. The third kappa shape index (κ3) is 4.04. The Morgan fingerprint density at radius 2 is 2.24 bits per heavy atom. The van der Waals surface area contributed by atoms with E-state index < -0.39 is 0 Å². The van der Waals surface area contributed by atoms with Gasteiger partial charge in [-0.25, -0.2) is 0 Å². The van der Waals surface area contributed by atoms with Crippen LogP contribution in [0.4, 0.5) is 0 Å². The third-order valence-corrected chi connectivity index (χ3v) is 3.47. The van der Waals surface area contributed by atoms with Crippen molar-refractivity contribution in [3.63, 3.8) is 0 Å². The predicted molar refractivity (Wildman–Crippen MR) is 71.5 cm³/mol. The van der Waals surface area contributed by atoms with Crippen LogP contribution in [-0.2, 0) is 6.42 Å². The molecule has 1 aromatic rings. The largest absolute Gasteiger partial charge is 0.492 e. The fraction of sp³-hybridized carbons (Fsp3) is 0.600. The van der Waals surface area contributed by atoms with Gasteiger partial charge in [-0.2, -0.15) is 0 Å². The highest BCUT2D eigenvalue weighted by Crippen LogP contribution is 2.32.